The quantitative estimate of drug-likeness (QED) is 0.770. The van der Waals surface area contributed by atoms with Gasteiger partial charge in [0.2, 0.25) is 0 Å². The summed E-state index contributed by atoms with van der Waals surface area (Å²) in [4.78, 5) is 9.97. The van der Waals surface area contributed by atoms with E-state index in [1.54, 1.807) is 17.7 Å². The van der Waals surface area contributed by atoms with Crippen LogP contribution in [-0.4, -0.2) is 16.0 Å². The maximum atomic E-state index is 4.48. The molecule has 1 fully saturated rings. The Hall–Kier alpha value is -1.94. The van der Waals surface area contributed by atoms with Crippen LogP contribution in [0.3, 0.4) is 0 Å². The first-order chi connectivity index (χ1) is 10.2. The molecule has 2 aromatic heterocycles. The Morgan fingerprint density at radius 2 is 2.00 bits per heavy atom. The molecule has 0 radical (unpaired) electrons. The Kier molecular flexibility index (Phi) is 2.93. The molecule has 0 bridgehead atoms. The Labute approximate surface area is 128 Å². The molecule has 1 aliphatic rings. The molecule has 0 spiro atoms. The van der Waals surface area contributed by atoms with Gasteiger partial charge in [0.25, 0.3) is 0 Å². The van der Waals surface area contributed by atoms with Gasteiger partial charge >= 0.3 is 0 Å². The minimum Gasteiger partial charge on any atom is -0.367 e. The van der Waals surface area contributed by atoms with E-state index in [0.717, 1.165) is 10.6 Å². The molecular formula is C17H17N3S. The van der Waals surface area contributed by atoms with Crippen LogP contribution in [0.5, 0.6) is 0 Å². The molecule has 0 amide bonds. The molecule has 106 valence electrons. The van der Waals surface area contributed by atoms with Gasteiger partial charge in [0.05, 0.1) is 5.39 Å². The average Bonchev–Trinajstić information content (AvgIpc) is 3.16. The third-order valence-corrected chi connectivity index (χ3v) is 4.85. The van der Waals surface area contributed by atoms with Crippen molar-refractivity contribution < 1.29 is 0 Å². The van der Waals surface area contributed by atoms with Gasteiger partial charge in [-0.25, -0.2) is 9.97 Å². The number of nitrogens with one attached hydrogen (secondary N) is 1. The molecule has 1 aromatic carbocycles. The first kappa shape index (κ1) is 12.8. The van der Waals surface area contributed by atoms with E-state index in [0.29, 0.717) is 6.04 Å². The van der Waals surface area contributed by atoms with E-state index in [2.05, 4.69) is 52.7 Å². The summed E-state index contributed by atoms with van der Waals surface area (Å²) < 4.78 is 0. The number of aryl methyl sites for hydroxylation is 2. The van der Waals surface area contributed by atoms with Gasteiger partial charge in [-0.2, -0.15) is 0 Å². The highest BCUT2D eigenvalue weighted by atomic mass is 32.1. The highest BCUT2D eigenvalue weighted by Gasteiger charge is 2.23. The van der Waals surface area contributed by atoms with Gasteiger partial charge in [-0.3, -0.25) is 0 Å². The van der Waals surface area contributed by atoms with Gasteiger partial charge in [0, 0.05) is 17.0 Å². The van der Waals surface area contributed by atoms with Crippen molar-refractivity contribution in [1.82, 2.24) is 9.97 Å². The number of hydrogen-bond donors (Lipinski definition) is 1. The lowest BCUT2D eigenvalue weighted by molar-refractivity contribution is 1.11. The van der Waals surface area contributed by atoms with Crippen molar-refractivity contribution in [2.24, 2.45) is 0 Å². The van der Waals surface area contributed by atoms with Gasteiger partial charge in [-0.15, -0.1) is 11.3 Å². The number of aromatic nitrogens is 2. The number of benzene rings is 1. The minimum atomic E-state index is 0.593. The smallest absolute Gasteiger partial charge is 0.139 e. The number of hydrogen-bond acceptors (Lipinski definition) is 4. The van der Waals surface area contributed by atoms with Crippen LogP contribution >= 0.6 is 11.3 Å². The fourth-order valence-corrected chi connectivity index (χ4v) is 3.63. The van der Waals surface area contributed by atoms with Crippen LogP contribution < -0.4 is 5.32 Å². The van der Waals surface area contributed by atoms with Crippen molar-refractivity contribution in [3.05, 3.63) is 41.0 Å². The summed E-state index contributed by atoms with van der Waals surface area (Å²) in [6.07, 6.45) is 4.15. The largest absolute Gasteiger partial charge is 0.367 e. The van der Waals surface area contributed by atoms with Gasteiger partial charge in [-0.05, 0) is 37.8 Å². The lowest BCUT2D eigenvalue weighted by Gasteiger charge is -2.09. The van der Waals surface area contributed by atoms with Gasteiger partial charge in [-0.1, -0.05) is 23.8 Å². The molecular weight excluding hydrogens is 278 g/mol. The van der Waals surface area contributed by atoms with E-state index >= 15 is 0 Å². The molecule has 1 aliphatic carbocycles. The van der Waals surface area contributed by atoms with Crippen molar-refractivity contribution in [2.45, 2.75) is 32.7 Å². The third kappa shape index (κ3) is 2.29. The fourth-order valence-electron chi connectivity index (χ4n) is 2.72. The van der Waals surface area contributed by atoms with Crippen molar-refractivity contribution in [3.63, 3.8) is 0 Å². The van der Waals surface area contributed by atoms with E-state index in [-0.39, 0.29) is 0 Å². The van der Waals surface area contributed by atoms with Crippen LogP contribution in [0.2, 0.25) is 0 Å². The predicted molar refractivity (Wildman–Crippen MR) is 89.0 cm³/mol. The van der Waals surface area contributed by atoms with Crippen LogP contribution in [0.15, 0.2) is 29.9 Å². The Bertz CT molecular complexity index is 818. The van der Waals surface area contributed by atoms with Crippen LogP contribution in [0, 0.1) is 13.8 Å². The van der Waals surface area contributed by atoms with Crippen LogP contribution in [0.4, 0.5) is 5.82 Å². The summed E-state index contributed by atoms with van der Waals surface area (Å²) in [7, 11) is 0. The number of anilines is 1. The second kappa shape index (κ2) is 4.81. The van der Waals surface area contributed by atoms with E-state index in [4.69, 9.17) is 0 Å². The highest BCUT2D eigenvalue weighted by molar-refractivity contribution is 7.17. The van der Waals surface area contributed by atoms with Crippen molar-refractivity contribution >= 4 is 27.4 Å². The summed E-state index contributed by atoms with van der Waals surface area (Å²) in [5, 5.41) is 6.91. The number of nitrogens with zero attached hydrogens (tertiary/aromatic N) is 2. The van der Waals surface area contributed by atoms with E-state index in [1.807, 2.05) is 0 Å². The number of thiophene rings is 1. The summed E-state index contributed by atoms with van der Waals surface area (Å²) >= 11 is 1.69. The Morgan fingerprint density at radius 3 is 2.76 bits per heavy atom. The highest BCUT2D eigenvalue weighted by Crippen LogP contribution is 2.39. The molecule has 4 rings (SSSR count). The molecule has 3 nitrogen and oxygen atoms in total. The second-order valence-electron chi connectivity index (χ2n) is 5.79. The molecule has 4 heteroatoms. The average molecular weight is 295 g/mol. The molecule has 1 N–H and O–H groups in total. The summed E-state index contributed by atoms with van der Waals surface area (Å²) in [5.74, 6) is 0.985. The molecule has 0 aliphatic heterocycles. The van der Waals surface area contributed by atoms with E-state index in [1.165, 1.54) is 40.5 Å². The Morgan fingerprint density at radius 1 is 1.14 bits per heavy atom. The molecule has 2 heterocycles. The maximum Gasteiger partial charge on any atom is 0.139 e. The Balaban J connectivity index is 1.91. The monoisotopic (exact) mass is 295 g/mol. The van der Waals surface area contributed by atoms with Gasteiger partial charge < -0.3 is 5.32 Å². The van der Waals surface area contributed by atoms with Gasteiger partial charge in [0.15, 0.2) is 0 Å². The van der Waals surface area contributed by atoms with Crippen molar-refractivity contribution in [1.29, 1.82) is 0 Å². The maximum absolute atomic E-state index is 4.48. The van der Waals surface area contributed by atoms with Crippen molar-refractivity contribution in [3.8, 4) is 11.1 Å². The zero-order chi connectivity index (χ0) is 14.4. The SMILES string of the molecule is Cc1ccc(-c2csc3ncnc(NC4CC4)c23)c(C)c1. The molecule has 0 unspecified atom stereocenters. The van der Waals surface area contributed by atoms with Crippen LogP contribution in [0.25, 0.3) is 21.3 Å². The third-order valence-electron chi connectivity index (χ3n) is 3.96. The predicted octanol–water partition coefficient (Wildman–Crippen LogP) is 4.55. The van der Waals surface area contributed by atoms with Crippen LogP contribution in [-0.2, 0) is 0 Å². The molecule has 0 atom stereocenters. The lowest BCUT2D eigenvalue weighted by atomic mass is 9.99. The molecule has 1 saturated carbocycles. The van der Waals surface area contributed by atoms with Crippen LogP contribution in [0.1, 0.15) is 24.0 Å². The van der Waals surface area contributed by atoms with E-state index < -0.39 is 0 Å². The molecule has 0 saturated heterocycles. The number of fused-ring (bicyclic) bond motifs is 1. The molecule has 3 aromatic rings. The van der Waals surface area contributed by atoms with Gasteiger partial charge in [0.1, 0.15) is 17.0 Å². The number of rotatable bonds is 3. The fraction of sp³-hybridized carbons (Fsp3) is 0.294. The molecule has 21 heavy (non-hydrogen) atoms. The first-order valence-electron chi connectivity index (χ1n) is 7.29. The topological polar surface area (TPSA) is 37.8 Å². The van der Waals surface area contributed by atoms with E-state index in [9.17, 15) is 0 Å². The minimum absolute atomic E-state index is 0.593. The summed E-state index contributed by atoms with van der Waals surface area (Å²) in [6.45, 7) is 4.30. The first-order valence-corrected chi connectivity index (χ1v) is 8.16. The second-order valence-corrected chi connectivity index (χ2v) is 6.65. The lowest BCUT2D eigenvalue weighted by Crippen LogP contribution is -2.03. The zero-order valence-corrected chi connectivity index (χ0v) is 13.0. The summed E-state index contributed by atoms with van der Waals surface area (Å²) in [6, 6.07) is 7.20. The summed E-state index contributed by atoms with van der Waals surface area (Å²) in [5.41, 5.74) is 5.12. The van der Waals surface area contributed by atoms with Crippen molar-refractivity contribution in [2.75, 3.05) is 5.32 Å². The standard InChI is InChI=1S/C17H17N3S/c1-10-3-6-13(11(2)7-10)14-8-21-17-15(14)16(18-9-19-17)20-12-4-5-12/h3,6-9,12H,4-5H2,1-2H3,(H,18,19,20). The zero-order valence-electron chi connectivity index (χ0n) is 12.2. The normalized spacial score (nSPS) is 14.6.